The van der Waals surface area contributed by atoms with E-state index in [4.69, 9.17) is 21.1 Å². The highest BCUT2D eigenvalue weighted by atomic mass is 35.5. The molecule has 1 N–H and O–H groups in total. The van der Waals surface area contributed by atoms with Crippen molar-refractivity contribution in [3.63, 3.8) is 0 Å². The summed E-state index contributed by atoms with van der Waals surface area (Å²) in [5.41, 5.74) is 3.31. The van der Waals surface area contributed by atoms with Crippen molar-refractivity contribution in [3.8, 4) is 11.5 Å². The van der Waals surface area contributed by atoms with Gasteiger partial charge in [-0.05, 0) is 54.4 Å². The van der Waals surface area contributed by atoms with E-state index in [1.807, 2.05) is 26.1 Å². The van der Waals surface area contributed by atoms with E-state index in [2.05, 4.69) is 52.0 Å². The fourth-order valence-electron chi connectivity index (χ4n) is 2.87. The Kier molecular flexibility index (Phi) is 8.99. The smallest absolute Gasteiger partial charge is 0.209 e. The maximum Gasteiger partial charge on any atom is 0.209 e. The summed E-state index contributed by atoms with van der Waals surface area (Å²) in [4.78, 5) is 0. The van der Waals surface area contributed by atoms with Gasteiger partial charge in [0.2, 0.25) is 5.16 Å². The highest BCUT2D eigenvalue weighted by Gasteiger charge is 2.12. The second-order valence-corrected chi connectivity index (χ2v) is 8.53. The van der Waals surface area contributed by atoms with E-state index in [0.29, 0.717) is 36.3 Å². The summed E-state index contributed by atoms with van der Waals surface area (Å²) in [6.45, 7) is 6.58. The van der Waals surface area contributed by atoms with Gasteiger partial charge in [-0.1, -0.05) is 53.2 Å². The number of nitrogens with zero attached hydrogens (tertiary/aromatic N) is 4. The molecule has 0 aliphatic rings. The molecule has 9 heteroatoms. The van der Waals surface area contributed by atoms with Crippen LogP contribution in [0.3, 0.4) is 0 Å². The van der Waals surface area contributed by atoms with Crippen LogP contribution in [-0.4, -0.2) is 39.1 Å². The zero-order valence-electron chi connectivity index (χ0n) is 18.1. The summed E-state index contributed by atoms with van der Waals surface area (Å²) >= 11 is 8.17. The Bertz CT molecular complexity index is 965. The van der Waals surface area contributed by atoms with E-state index < -0.39 is 0 Å². The average molecular weight is 462 g/mol. The number of benzene rings is 2. The Hall–Kier alpha value is -2.29. The third-order valence-electron chi connectivity index (χ3n) is 4.55. The third-order valence-corrected chi connectivity index (χ3v) is 6.00. The topological polar surface area (TPSA) is 74.1 Å². The number of aromatic nitrogens is 4. The van der Waals surface area contributed by atoms with Gasteiger partial charge in [0.25, 0.3) is 0 Å². The molecule has 0 fully saturated rings. The molecule has 1 aromatic heterocycles. The first-order valence-corrected chi connectivity index (χ1v) is 11.6. The van der Waals surface area contributed by atoms with Crippen LogP contribution in [0.2, 0.25) is 5.02 Å². The maximum absolute atomic E-state index is 6.52. The third kappa shape index (κ3) is 7.12. The molecule has 3 aromatic rings. The predicted molar refractivity (Wildman–Crippen MR) is 124 cm³/mol. The molecule has 0 unspecified atom stereocenters. The molecule has 0 saturated heterocycles. The van der Waals surface area contributed by atoms with Crippen LogP contribution in [0.5, 0.6) is 11.5 Å². The lowest BCUT2D eigenvalue weighted by Crippen LogP contribution is -2.16. The van der Waals surface area contributed by atoms with Crippen LogP contribution in [0, 0.1) is 6.92 Å². The molecule has 0 radical (unpaired) electrons. The number of hydrogen-bond donors (Lipinski definition) is 1. The molecule has 3 rings (SSSR count). The van der Waals surface area contributed by atoms with Gasteiger partial charge in [0.1, 0.15) is 6.61 Å². The molecule has 166 valence electrons. The van der Waals surface area contributed by atoms with Crippen molar-refractivity contribution in [1.29, 1.82) is 0 Å². The number of aryl methyl sites for hydroxylation is 2. The van der Waals surface area contributed by atoms with E-state index >= 15 is 0 Å². The lowest BCUT2D eigenvalue weighted by molar-refractivity contribution is 0.269. The van der Waals surface area contributed by atoms with Gasteiger partial charge in [0.15, 0.2) is 11.5 Å². The number of thioether (sulfide) groups is 1. The van der Waals surface area contributed by atoms with Crippen molar-refractivity contribution < 1.29 is 9.47 Å². The van der Waals surface area contributed by atoms with Crippen LogP contribution in [0.1, 0.15) is 30.0 Å². The van der Waals surface area contributed by atoms with Crippen molar-refractivity contribution >= 4 is 23.4 Å². The quantitative estimate of drug-likeness (QED) is 0.316. The number of tetrazole rings is 1. The Morgan fingerprint density at radius 2 is 1.90 bits per heavy atom. The van der Waals surface area contributed by atoms with Crippen molar-refractivity contribution in [2.75, 3.05) is 18.9 Å². The van der Waals surface area contributed by atoms with Crippen molar-refractivity contribution in [3.05, 3.63) is 58.1 Å². The van der Waals surface area contributed by atoms with E-state index in [1.54, 1.807) is 16.4 Å². The number of halogens is 1. The van der Waals surface area contributed by atoms with Crippen LogP contribution in [0.4, 0.5) is 0 Å². The summed E-state index contributed by atoms with van der Waals surface area (Å²) in [5.74, 6) is 2.30. The number of ether oxygens (including phenoxy) is 2. The van der Waals surface area contributed by atoms with E-state index in [1.165, 1.54) is 5.56 Å². The highest BCUT2D eigenvalue weighted by Crippen LogP contribution is 2.34. The van der Waals surface area contributed by atoms with Gasteiger partial charge in [-0.15, -0.1) is 5.10 Å². The van der Waals surface area contributed by atoms with Crippen molar-refractivity contribution in [1.82, 2.24) is 25.5 Å². The number of nitrogens with one attached hydrogen (secondary N) is 1. The molecule has 1 heterocycles. The van der Waals surface area contributed by atoms with Gasteiger partial charge in [-0.2, -0.15) is 0 Å². The van der Waals surface area contributed by atoms with E-state index in [0.717, 1.165) is 35.0 Å². The zero-order chi connectivity index (χ0) is 22.1. The molecule has 0 spiro atoms. The van der Waals surface area contributed by atoms with E-state index in [-0.39, 0.29) is 0 Å². The Morgan fingerprint density at radius 3 is 2.61 bits per heavy atom. The molecule has 0 aliphatic heterocycles. The van der Waals surface area contributed by atoms with Crippen molar-refractivity contribution in [2.45, 2.75) is 38.6 Å². The van der Waals surface area contributed by atoms with E-state index in [9.17, 15) is 0 Å². The summed E-state index contributed by atoms with van der Waals surface area (Å²) < 4.78 is 13.5. The van der Waals surface area contributed by atoms with Crippen molar-refractivity contribution in [2.24, 2.45) is 7.05 Å². The normalized spacial score (nSPS) is 11.0. The van der Waals surface area contributed by atoms with Gasteiger partial charge in [-0.25, -0.2) is 4.68 Å². The second kappa shape index (κ2) is 11.9. The first kappa shape index (κ1) is 23.4. The Balaban J connectivity index is 1.51. The summed E-state index contributed by atoms with van der Waals surface area (Å²) in [7, 11) is 1.84. The average Bonchev–Trinajstić information content (AvgIpc) is 3.17. The summed E-state index contributed by atoms with van der Waals surface area (Å²) in [6, 6.07) is 12.1. The van der Waals surface area contributed by atoms with Gasteiger partial charge in [0.05, 0.1) is 6.61 Å². The molecule has 0 aliphatic carbocycles. The maximum atomic E-state index is 6.52. The molecular formula is C22H28ClN5O2S. The van der Waals surface area contributed by atoms with Gasteiger partial charge < -0.3 is 14.8 Å². The lowest BCUT2D eigenvalue weighted by atomic mass is 10.1. The largest absolute Gasteiger partial charge is 0.490 e. The molecular weight excluding hydrogens is 434 g/mol. The fraction of sp³-hybridized carbons (Fsp3) is 0.409. The monoisotopic (exact) mass is 461 g/mol. The van der Waals surface area contributed by atoms with Gasteiger partial charge >= 0.3 is 0 Å². The molecule has 0 atom stereocenters. The van der Waals surface area contributed by atoms with Gasteiger partial charge in [0, 0.05) is 30.4 Å². The van der Waals surface area contributed by atoms with Crippen LogP contribution >= 0.6 is 23.4 Å². The molecule has 0 saturated carbocycles. The molecule has 31 heavy (non-hydrogen) atoms. The van der Waals surface area contributed by atoms with Crippen LogP contribution in [0.25, 0.3) is 0 Å². The van der Waals surface area contributed by atoms with Crippen LogP contribution in [0.15, 0.2) is 41.6 Å². The molecule has 0 amide bonds. The first-order valence-electron chi connectivity index (χ1n) is 10.3. The van der Waals surface area contributed by atoms with Crippen LogP contribution in [-0.2, 0) is 20.2 Å². The molecule has 0 bridgehead atoms. The molecule has 2 aromatic carbocycles. The number of hydrogen-bond acceptors (Lipinski definition) is 7. The Morgan fingerprint density at radius 1 is 1.13 bits per heavy atom. The minimum Gasteiger partial charge on any atom is -0.490 e. The minimum absolute atomic E-state index is 0.465. The standard InChI is InChI=1S/C22H28ClN5O2S/c1-4-29-20-12-18(14-24-10-5-11-31-22-25-26-27-28(22)3)19(23)13-21(20)30-15-17-8-6-16(2)7-9-17/h6-9,12-13,24H,4-5,10-11,14-15H2,1-3H3. The van der Waals surface area contributed by atoms with Crippen LogP contribution < -0.4 is 14.8 Å². The zero-order valence-corrected chi connectivity index (χ0v) is 19.7. The first-order chi connectivity index (χ1) is 15.1. The summed E-state index contributed by atoms with van der Waals surface area (Å²) in [5, 5.41) is 16.4. The van der Waals surface area contributed by atoms with Gasteiger partial charge in [-0.3, -0.25) is 0 Å². The molecule has 7 nitrogen and oxygen atoms in total. The highest BCUT2D eigenvalue weighted by molar-refractivity contribution is 7.99. The lowest BCUT2D eigenvalue weighted by Gasteiger charge is -2.15. The summed E-state index contributed by atoms with van der Waals surface area (Å²) in [6.07, 6.45) is 0.991. The number of rotatable bonds is 12. The Labute approximate surface area is 192 Å². The fourth-order valence-corrected chi connectivity index (χ4v) is 3.88. The minimum atomic E-state index is 0.465. The predicted octanol–water partition coefficient (Wildman–Crippen LogP) is 4.42. The second-order valence-electron chi connectivity index (χ2n) is 7.06. The SMILES string of the molecule is CCOc1cc(CNCCCSc2nnnn2C)c(Cl)cc1OCc1ccc(C)cc1.